The molecule has 1 unspecified atom stereocenters. The fourth-order valence-corrected chi connectivity index (χ4v) is 2.69. The van der Waals surface area contributed by atoms with E-state index in [1.165, 1.54) is 0 Å². The van der Waals surface area contributed by atoms with Gasteiger partial charge in [0.2, 0.25) is 0 Å². The van der Waals surface area contributed by atoms with E-state index in [4.69, 9.17) is 0 Å². The summed E-state index contributed by atoms with van der Waals surface area (Å²) in [5, 5.41) is 9.28. The Morgan fingerprint density at radius 1 is 1.47 bits per heavy atom. The van der Waals surface area contributed by atoms with Crippen LogP contribution in [0, 0.1) is 5.41 Å². The van der Waals surface area contributed by atoms with Crippen molar-refractivity contribution in [3.63, 3.8) is 0 Å². The first kappa shape index (κ1) is 16.2. The van der Waals surface area contributed by atoms with Crippen molar-refractivity contribution >= 4 is 5.97 Å². The van der Waals surface area contributed by atoms with Crippen molar-refractivity contribution in [2.45, 2.75) is 45.0 Å². The summed E-state index contributed by atoms with van der Waals surface area (Å²) in [5.74, 6) is -5.12. The predicted molar refractivity (Wildman–Crippen MR) is 61.6 cm³/mol. The number of alkyl halides is 4. The average Bonchev–Trinajstić information content (AvgIpc) is 2.28. The number of carboxylic acids is 1. The van der Waals surface area contributed by atoms with Crippen LogP contribution in [0.5, 0.6) is 0 Å². The number of hydrogen-bond acceptors (Lipinski definition) is 2. The van der Waals surface area contributed by atoms with E-state index in [9.17, 15) is 27.5 Å². The molecular formula is C12H19F4NO2. The van der Waals surface area contributed by atoms with E-state index < -0.39 is 30.3 Å². The highest BCUT2D eigenvalue weighted by Crippen LogP contribution is 2.36. The first-order valence-corrected chi connectivity index (χ1v) is 6.35. The molecule has 3 nitrogen and oxygen atoms in total. The Labute approximate surface area is 109 Å². The maximum atomic E-state index is 13.0. The van der Waals surface area contributed by atoms with Gasteiger partial charge in [-0.1, -0.05) is 13.3 Å². The van der Waals surface area contributed by atoms with E-state index in [2.05, 4.69) is 0 Å². The van der Waals surface area contributed by atoms with E-state index in [1.54, 1.807) is 0 Å². The number of nitrogens with zero attached hydrogens (tertiary/aromatic N) is 1. The highest BCUT2D eigenvalue weighted by atomic mass is 19.3. The first-order chi connectivity index (χ1) is 8.73. The van der Waals surface area contributed by atoms with Gasteiger partial charge >= 0.3 is 18.3 Å². The summed E-state index contributed by atoms with van der Waals surface area (Å²) in [7, 11) is 0. The van der Waals surface area contributed by atoms with Crippen molar-refractivity contribution in [3.05, 3.63) is 0 Å². The second-order valence-corrected chi connectivity index (χ2v) is 5.21. The van der Waals surface area contributed by atoms with Crippen LogP contribution in [0.2, 0.25) is 0 Å². The van der Waals surface area contributed by atoms with Crippen molar-refractivity contribution in [2.24, 2.45) is 5.41 Å². The molecule has 1 fully saturated rings. The number of aliphatic carboxylic acids is 1. The summed E-state index contributed by atoms with van der Waals surface area (Å²) in [6, 6.07) is 0. The highest BCUT2D eigenvalue weighted by Gasteiger charge is 2.47. The number of piperidine rings is 1. The molecule has 0 aromatic rings. The topological polar surface area (TPSA) is 40.5 Å². The molecule has 1 saturated heterocycles. The third-order valence-corrected chi connectivity index (χ3v) is 3.59. The van der Waals surface area contributed by atoms with Crippen LogP contribution in [0.1, 0.15) is 32.6 Å². The van der Waals surface area contributed by atoms with Crippen LogP contribution in [0.25, 0.3) is 0 Å². The Morgan fingerprint density at radius 2 is 2.11 bits per heavy atom. The molecule has 0 aromatic carbocycles. The van der Waals surface area contributed by atoms with Gasteiger partial charge < -0.3 is 5.11 Å². The van der Waals surface area contributed by atoms with Crippen LogP contribution < -0.4 is 0 Å². The summed E-state index contributed by atoms with van der Waals surface area (Å²) in [5.41, 5.74) is -1.08. The Balaban J connectivity index is 2.75. The minimum Gasteiger partial charge on any atom is -0.481 e. The molecule has 0 amide bonds. The van der Waals surface area contributed by atoms with Gasteiger partial charge in [-0.15, -0.1) is 0 Å². The summed E-state index contributed by atoms with van der Waals surface area (Å²) < 4.78 is 50.4. The lowest BCUT2D eigenvalue weighted by molar-refractivity contribution is -0.162. The fourth-order valence-electron chi connectivity index (χ4n) is 2.69. The van der Waals surface area contributed by atoms with Crippen LogP contribution in [0.4, 0.5) is 17.6 Å². The lowest BCUT2D eigenvalue weighted by atomic mass is 9.76. The maximum Gasteiger partial charge on any atom is 0.319 e. The highest BCUT2D eigenvalue weighted by molar-refractivity contribution is 5.75. The minimum absolute atomic E-state index is 0.0848. The normalized spacial score (nSPS) is 25.8. The van der Waals surface area contributed by atoms with Gasteiger partial charge in [-0.25, -0.2) is 8.78 Å². The van der Waals surface area contributed by atoms with Gasteiger partial charge in [0.1, 0.15) is 0 Å². The van der Waals surface area contributed by atoms with E-state index in [-0.39, 0.29) is 13.1 Å². The summed E-state index contributed by atoms with van der Waals surface area (Å²) in [6.45, 7) is 0.889. The van der Waals surface area contributed by atoms with E-state index in [1.807, 2.05) is 6.92 Å². The van der Waals surface area contributed by atoms with E-state index in [0.29, 0.717) is 25.7 Å². The molecule has 1 N–H and O–H groups in total. The Hall–Kier alpha value is -0.850. The van der Waals surface area contributed by atoms with Crippen LogP contribution >= 0.6 is 0 Å². The van der Waals surface area contributed by atoms with Crippen LogP contribution in [0.3, 0.4) is 0 Å². The second-order valence-electron chi connectivity index (χ2n) is 5.21. The molecule has 0 aliphatic carbocycles. The van der Waals surface area contributed by atoms with Crippen LogP contribution in [-0.2, 0) is 4.79 Å². The van der Waals surface area contributed by atoms with Gasteiger partial charge in [0.05, 0.1) is 12.0 Å². The minimum atomic E-state index is -4.09. The Bertz CT molecular complexity index is 321. The number of rotatable bonds is 6. The molecule has 0 saturated carbocycles. The van der Waals surface area contributed by atoms with Gasteiger partial charge in [-0.2, -0.15) is 8.78 Å². The molecule has 1 rings (SSSR count). The van der Waals surface area contributed by atoms with Crippen molar-refractivity contribution < 1.29 is 27.5 Å². The van der Waals surface area contributed by atoms with Gasteiger partial charge in [0.25, 0.3) is 0 Å². The second kappa shape index (κ2) is 6.07. The zero-order valence-corrected chi connectivity index (χ0v) is 10.8. The molecular weight excluding hydrogens is 266 g/mol. The third kappa shape index (κ3) is 3.81. The lowest BCUT2D eigenvalue weighted by Crippen LogP contribution is -2.52. The van der Waals surface area contributed by atoms with E-state index in [0.717, 1.165) is 4.90 Å². The Kier molecular flexibility index (Phi) is 5.18. The van der Waals surface area contributed by atoms with Gasteiger partial charge in [0, 0.05) is 6.54 Å². The number of likely N-dealkylation sites (tertiary alicyclic amines) is 1. The molecule has 7 heteroatoms. The monoisotopic (exact) mass is 285 g/mol. The number of carbonyl (C=O) groups is 1. The van der Waals surface area contributed by atoms with Crippen molar-refractivity contribution in [1.82, 2.24) is 4.90 Å². The summed E-state index contributed by atoms with van der Waals surface area (Å²) >= 11 is 0. The largest absolute Gasteiger partial charge is 0.481 e. The van der Waals surface area contributed by atoms with Crippen molar-refractivity contribution in [3.8, 4) is 0 Å². The van der Waals surface area contributed by atoms with E-state index >= 15 is 0 Å². The van der Waals surface area contributed by atoms with Crippen molar-refractivity contribution in [1.29, 1.82) is 0 Å². The standard InChI is InChI=1S/C12H19F4NO2/c1-2-4-11(10(18)19)5-3-6-17(7-11)8-12(15,16)9(13)14/h9H,2-8H2,1H3,(H,18,19). The number of carboxylic acid groups (broad SMARTS) is 1. The smallest absolute Gasteiger partial charge is 0.319 e. The number of hydrogen-bond donors (Lipinski definition) is 1. The molecule has 1 aliphatic heterocycles. The van der Waals surface area contributed by atoms with Gasteiger partial charge in [-0.3, -0.25) is 9.69 Å². The third-order valence-electron chi connectivity index (χ3n) is 3.59. The SMILES string of the molecule is CCCC1(C(=O)O)CCCN(CC(F)(F)C(F)F)C1. The molecule has 1 heterocycles. The van der Waals surface area contributed by atoms with Crippen LogP contribution in [0.15, 0.2) is 0 Å². The molecule has 1 atom stereocenters. The van der Waals surface area contributed by atoms with Crippen molar-refractivity contribution in [2.75, 3.05) is 19.6 Å². The zero-order valence-electron chi connectivity index (χ0n) is 10.8. The van der Waals surface area contributed by atoms with Crippen LogP contribution in [-0.4, -0.2) is 48.0 Å². The molecule has 0 bridgehead atoms. The number of halogens is 4. The Morgan fingerprint density at radius 3 is 2.58 bits per heavy atom. The summed E-state index contributed by atoms with van der Waals surface area (Å²) in [4.78, 5) is 12.5. The molecule has 112 valence electrons. The molecule has 0 aromatic heterocycles. The molecule has 0 radical (unpaired) electrons. The average molecular weight is 285 g/mol. The summed E-state index contributed by atoms with van der Waals surface area (Å²) in [6.07, 6.45) is -1.89. The van der Waals surface area contributed by atoms with Gasteiger partial charge in [0.15, 0.2) is 0 Å². The molecule has 0 spiro atoms. The molecule has 1 aliphatic rings. The first-order valence-electron chi connectivity index (χ1n) is 6.35. The molecule has 19 heavy (non-hydrogen) atoms. The predicted octanol–water partition coefficient (Wildman–Crippen LogP) is 2.85. The lowest BCUT2D eigenvalue weighted by Gasteiger charge is -2.40. The van der Waals surface area contributed by atoms with Gasteiger partial charge in [-0.05, 0) is 25.8 Å². The quantitative estimate of drug-likeness (QED) is 0.763. The maximum absolute atomic E-state index is 13.0. The fraction of sp³-hybridized carbons (Fsp3) is 0.917. The zero-order chi connectivity index (χ0) is 14.7.